The summed E-state index contributed by atoms with van der Waals surface area (Å²) in [6.07, 6.45) is 8.82. The molecule has 5 aliphatic rings. The number of hydrogen-bond donors (Lipinski definition) is 1. The Morgan fingerprint density at radius 2 is 1.38 bits per heavy atom. The summed E-state index contributed by atoms with van der Waals surface area (Å²) in [5.41, 5.74) is 5.52. The Bertz CT molecular complexity index is 775. The fourth-order valence-corrected chi connectivity index (χ4v) is 4.25. The first-order chi connectivity index (χ1) is 12.7. The van der Waals surface area contributed by atoms with Gasteiger partial charge in [0.25, 0.3) is 5.91 Å². The fraction of sp³-hybridized carbons (Fsp3) is 0.435. The van der Waals surface area contributed by atoms with Crippen LogP contribution in [0, 0.1) is 0 Å². The molecule has 0 atom stereocenters. The zero-order valence-electron chi connectivity index (χ0n) is 15.3. The molecular weight excluding hydrogens is 322 g/mol. The quantitative estimate of drug-likeness (QED) is 0.629. The summed E-state index contributed by atoms with van der Waals surface area (Å²) in [4.78, 5) is 13.1. The summed E-state index contributed by atoms with van der Waals surface area (Å²) in [5.74, 6) is -0.222. The fourth-order valence-electron chi connectivity index (χ4n) is 4.25. The van der Waals surface area contributed by atoms with Crippen LogP contribution in [0.3, 0.4) is 0 Å². The van der Waals surface area contributed by atoms with E-state index in [2.05, 4.69) is 36.4 Å². The molecule has 0 saturated heterocycles. The van der Waals surface area contributed by atoms with E-state index in [0.29, 0.717) is 5.56 Å². The van der Waals surface area contributed by atoms with Crippen molar-refractivity contribution >= 4 is 5.91 Å². The van der Waals surface area contributed by atoms with Crippen LogP contribution in [-0.2, 0) is 25.7 Å². The standard InChI is InChI=1S/C23H27NO2/c25-23(24(26)21-4-2-1-3-5-21)22-16-19-11-10-17-6-8-18(9-7-17)12-14-20(22)15-13-19/h6-9,13,15-16,21,26H,1-5,10-12,14H2. The maximum atomic E-state index is 13.1. The van der Waals surface area contributed by atoms with E-state index in [1.54, 1.807) is 0 Å². The first kappa shape index (κ1) is 17.3. The lowest BCUT2D eigenvalue weighted by Crippen LogP contribution is -2.39. The highest BCUT2D eigenvalue weighted by molar-refractivity contribution is 5.95. The average molecular weight is 349 g/mol. The van der Waals surface area contributed by atoms with E-state index in [4.69, 9.17) is 0 Å². The van der Waals surface area contributed by atoms with Crippen molar-refractivity contribution in [3.63, 3.8) is 0 Å². The summed E-state index contributed by atoms with van der Waals surface area (Å²) in [7, 11) is 0. The van der Waals surface area contributed by atoms with Gasteiger partial charge in [0.2, 0.25) is 0 Å². The first-order valence-electron chi connectivity index (χ1n) is 9.93. The zero-order chi connectivity index (χ0) is 17.9. The van der Waals surface area contributed by atoms with Crippen molar-refractivity contribution in [3.05, 3.63) is 70.3 Å². The Kier molecular flexibility index (Phi) is 5.07. The van der Waals surface area contributed by atoms with Crippen LogP contribution < -0.4 is 0 Å². The monoisotopic (exact) mass is 349 g/mol. The normalized spacial score (nSPS) is 17.6. The summed E-state index contributed by atoms with van der Waals surface area (Å²) >= 11 is 0. The number of hydrogen-bond acceptors (Lipinski definition) is 2. The Labute approximate surface area is 155 Å². The van der Waals surface area contributed by atoms with Gasteiger partial charge in [-0.25, -0.2) is 5.06 Å². The number of amides is 1. The van der Waals surface area contributed by atoms with E-state index in [1.165, 1.54) is 23.1 Å². The van der Waals surface area contributed by atoms with Gasteiger partial charge in [-0.15, -0.1) is 0 Å². The third-order valence-corrected chi connectivity index (χ3v) is 5.94. The molecule has 0 spiro atoms. The minimum Gasteiger partial charge on any atom is -0.285 e. The molecular formula is C23H27NO2. The van der Waals surface area contributed by atoms with Crippen molar-refractivity contribution in [1.29, 1.82) is 0 Å². The summed E-state index contributed by atoms with van der Waals surface area (Å²) in [5, 5.41) is 11.6. The van der Waals surface area contributed by atoms with E-state index >= 15 is 0 Å². The third-order valence-electron chi connectivity index (χ3n) is 5.94. The molecule has 1 fully saturated rings. The molecule has 2 aromatic carbocycles. The van der Waals surface area contributed by atoms with E-state index < -0.39 is 0 Å². The van der Waals surface area contributed by atoms with Crippen LogP contribution in [0.2, 0.25) is 0 Å². The minimum atomic E-state index is -0.222. The second kappa shape index (κ2) is 7.63. The Balaban J connectivity index is 1.62. The Morgan fingerprint density at radius 1 is 0.808 bits per heavy atom. The maximum absolute atomic E-state index is 13.1. The van der Waals surface area contributed by atoms with Crippen LogP contribution in [0.4, 0.5) is 0 Å². The van der Waals surface area contributed by atoms with Gasteiger partial charge in [0.05, 0.1) is 6.04 Å². The van der Waals surface area contributed by atoms with Gasteiger partial charge in [-0.1, -0.05) is 55.7 Å². The molecule has 7 rings (SSSR count). The molecule has 1 saturated carbocycles. The third kappa shape index (κ3) is 3.68. The van der Waals surface area contributed by atoms with Gasteiger partial charge in [0.15, 0.2) is 0 Å². The van der Waals surface area contributed by atoms with Crippen LogP contribution in [0.5, 0.6) is 0 Å². The molecule has 1 amide bonds. The lowest BCUT2D eigenvalue weighted by Gasteiger charge is -2.29. The van der Waals surface area contributed by atoms with Crippen molar-refractivity contribution in [2.45, 2.75) is 63.8 Å². The first-order valence-corrected chi connectivity index (χ1v) is 9.93. The number of nitrogens with zero attached hydrogens (tertiary/aromatic N) is 1. The number of benzene rings is 2. The van der Waals surface area contributed by atoms with E-state index in [-0.39, 0.29) is 11.9 Å². The smallest absolute Gasteiger partial charge is 0.277 e. The number of hydroxylamine groups is 2. The molecule has 26 heavy (non-hydrogen) atoms. The van der Waals surface area contributed by atoms with Crippen molar-refractivity contribution < 1.29 is 10.0 Å². The molecule has 5 aliphatic carbocycles. The summed E-state index contributed by atoms with van der Waals surface area (Å²) in [6, 6.07) is 15.0. The van der Waals surface area contributed by atoms with Crippen molar-refractivity contribution in [2.24, 2.45) is 0 Å². The number of carbonyl (C=O) groups excluding carboxylic acids is 1. The molecule has 3 heteroatoms. The van der Waals surface area contributed by atoms with E-state index in [1.807, 2.05) is 6.07 Å². The highest BCUT2D eigenvalue weighted by Gasteiger charge is 2.26. The maximum Gasteiger partial charge on any atom is 0.277 e. The van der Waals surface area contributed by atoms with Gasteiger partial charge in [0.1, 0.15) is 0 Å². The van der Waals surface area contributed by atoms with Gasteiger partial charge in [0, 0.05) is 5.56 Å². The SMILES string of the molecule is O=C(c1cc2ccc1CCc1ccc(cc1)CC2)N(O)C1CCCCC1. The van der Waals surface area contributed by atoms with Crippen molar-refractivity contribution in [1.82, 2.24) is 5.06 Å². The van der Waals surface area contributed by atoms with Crippen molar-refractivity contribution in [3.8, 4) is 0 Å². The van der Waals surface area contributed by atoms with Gasteiger partial charge < -0.3 is 0 Å². The second-order valence-corrected chi connectivity index (χ2v) is 7.75. The predicted molar refractivity (Wildman–Crippen MR) is 103 cm³/mol. The molecule has 136 valence electrons. The molecule has 1 N–H and O–H groups in total. The van der Waals surface area contributed by atoms with Crippen LogP contribution in [0.25, 0.3) is 0 Å². The Morgan fingerprint density at radius 3 is 2.08 bits per heavy atom. The molecule has 4 bridgehead atoms. The minimum absolute atomic E-state index is 0.0292. The average Bonchev–Trinajstić information content (AvgIpc) is 2.69. The van der Waals surface area contributed by atoms with Crippen LogP contribution in [-0.4, -0.2) is 22.2 Å². The topological polar surface area (TPSA) is 40.5 Å². The van der Waals surface area contributed by atoms with Gasteiger partial charge in [-0.05, 0) is 66.8 Å². The van der Waals surface area contributed by atoms with Gasteiger partial charge in [-0.2, -0.15) is 0 Å². The van der Waals surface area contributed by atoms with Gasteiger partial charge in [-0.3, -0.25) is 10.0 Å². The molecule has 0 aromatic heterocycles. The number of carbonyl (C=O) groups is 1. The van der Waals surface area contributed by atoms with Gasteiger partial charge >= 0.3 is 0 Å². The molecule has 2 aromatic rings. The largest absolute Gasteiger partial charge is 0.285 e. The summed E-state index contributed by atoms with van der Waals surface area (Å²) < 4.78 is 0. The number of aryl methyl sites for hydroxylation is 4. The molecule has 3 nitrogen and oxygen atoms in total. The second-order valence-electron chi connectivity index (χ2n) is 7.75. The zero-order valence-corrected chi connectivity index (χ0v) is 15.3. The lowest BCUT2D eigenvalue weighted by molar-refractivity contribution is -0.0964. The number of rotatable bonds is 2. The molecule has 0 heterocycles. The molecule has 0 radical (unpaired) electrons. The summed E-state index contributed by atoms with van der Waals surface area (Å²) in [6.45, 7) is 0. The molecule has 0 unspecified atom stereocenters. The highest BCUT2D eigenvalue weighted by atomic mass is 16.5. The molecule has 0 aliphatic heterocycles. The van der Waals surface area contributed by atoms with Crippen molar-refractivity contribution in [2.75, 3.05) is 0 Å². The lowest BCUT2D eigenvalue weighted by atomic mass is 9.92. The van der Waals surface area contributed by atoms with Crippen LogP contribution in [0.1, 0.15) is 64.7 Å². The van der Waals surface area contributed by atoms with Crippen LogP contribution >= 0.6 is 0 Å². The van der Waals surface area contributed by atoms with E-state index in [0.717, 1.165) is 62.0 Å². The Hall–Kier alpha value is -2.13. The highest BCUT2D eigenvalue weighted by Crippen LogP contribution is 2.25. The van der Waals surface area contributed by atoms with Crippen LogP contribution in [0.15, 0.2) is 42.5 Å². The predicted octanol–water partition coefficient (Wildman–Crippen LogP) is 4.73. The van der Waals surface area contributed by atoms with E-state index in [9.17, 15) is 10.0 Å².